The van der Waals surface area contributed by atoms with Crippen molar-refractivity contribution in [3.8, 4) is 11.5 Å². The zero-order valence-corrected chi connectivity index (χ0v) is 16.1. The van der Waals surface area contributed by atoms with Crippen LogP contribution in [0.1, 0.15) is 49.9 Å². The molecular formula is C21H24O5. The van der Waals surface area contributed by atoms with Crippen molar-refractivity contribution in [1.29, 1.82) is 0 Å². The third-order valence-corrected chi connectivity index (χ3v) is 4.44. The van der Waals surface area contributed by atoms with E-state index in [1.165, 1.54) is 14.2 Å². The lowest BCUT2D eigenvalue weighted by Gasteiger charge is -2.17. The van der Waals surface area contributed by atoms with Gasteiger partial charge in [0.15, 0.2) is 17.3 Å². The largest absolute Gasteiger partial charge is 0.493 e. The average molecular weight is 356 g/mol. The Morgan fingerprint density at radius 1 is 0.962 bits per heavy atom. The van der Waals surface area contributed by atoms with Gasteiger partial charge in [0.05, 0.1) is 19.8 Å². The number of aryl methyl sites for hydroxylation is 2. The number of rotatable bonds is 6. The molecule has 0 fully saturated rings. The Hall–Kier alpha value is -2.82. The molecule has 0 N–H and O–H groups in total. The minimum absolute atomic E-state index is 0.0428. The van der Waals surface area contributed by atoms with Crippen LogP contribution in [0.4, 0.5) is 0 Å². The molecule has 2 rings (SSSR count). The molecule has 26 heavy (non-hydrogen) atoms. The molecule has 0 radical (unpaired) electrons. The van der Waals surface area contributed by atoms with Crippen molar-refractivity contribution in [3.05, 3.63) is 57.6 Å². The van der Waals surface area contributed by atoms with Gasteiger partial charge in [0.1, 0.15) is 6.61 Å². The summed E-state index contributed by atoms with van der Waals surface area (Å²) in [4.78, 5) is 23.6. The molecule has 0 saturated heterocycles. The van der Waals surface area contributed by atoms with E-state index >= 15 is 0 Å². The molecule has 0 spiro atoms. The zero-order chi connectivity index (χ0) is 19.4. The van der Waals surface area contributed by atoms with Crippen LogP contribution in [0.15, 0.2) is 24.3 Å². The molecule has 0 aliphatic heterocycles. The second kappa shape index (κ2) is 8.04. The summed E-state index contributed by atoms with van der Waals surface area (Å²) < 4.78 is 16.0. The van der Waals surface area contributed by atoms with E-state index in [0.717, 1.165) is 27.8 Å². The molecular weight excluding hydrogens is 332 g/mol. The molecule has 0 heterocycles. The topological polar surface area (TPSA) is 61.8 Å². The van der Waals surface area contributed by atoms with Crippen LogP contribution in [0.2, 0.25) is 0 Å². The molecule has 5 heteroatoms. The summed E-state index contributed by atoms with van der Waals surface area (Å²) in [6.07, 6.45) is 0. The van der Waals surface area contributed by atoms with Crippen molar-refractivity contribution in [2.45, 2.75) is 34.3 Å². The normalized spacial score (nSPS) is 10.4. The van der Waals surface area contributed by atoms with E-state index in [1.807, 2.05) is 26.8 Å². The molecule has 0 atom stereocenters. The third kappa shape index (κ3) is 3.87. The lowest BCUT2D eigenvalue weighted by atomic mass is 9.92. The van der Waals surface area contributed by atoms with E-state index in [0.29, 0.717) is 23.7 Å². The first kappa shape index (κ1) is 19.5. The number of carbonyl (C=O) groups excluding carboxylic acids is 2. The summed E-state index contributed by atoms with van der Waals surface area (Å²) in [5.74, 6) is 0.568. The van der Waals surface area contributed by atoms with Crippen LogP contribution in [0, 0.1) is 20.8 Å². The van der Waals surface area contributed by atoms with E-state index in [2.05, 4.69) is 0 Å². The molecule has 0 aromatic heterocycles. The molecule has 2 aromatic carbocycles. The van der Waals surface area contributed by atoms with E-state index in [1.54, 1.807) is 25.1 Å². The Morgan fingerprint density at radius 2 is 1.65 bits per heavy atom. The fourth-order valence-electron chi connectivity index (χ4n) is 3.17. The Labute approximate surface area is 153 Å². The monoisotopic (exact) mass is 356 g/mol. The van der Waals surface area contributed by atoms with Gasteiger partial charge in [-0.15, -0.1) is 0 Å². The number of esters is 1. The SMILES string of the molecule is COC(=O)c1ccc(OCc2c(C)cc(C)c(C(C)=O)c2C)c(OC)c1. The summed E-state index contributed by atoms with van der Waals surface area (Å²) in [5, 5.41) is 0. The summed E-state index contributed by atoms with van der Waals surface area (Å²) >= 11 is 0. The van der Waals surface area contributed by atoms with Gasteiger partial charge in [-0.05, 0) is 68.1 Å². The Kier molecular flexibility index (Phi) is 6.03. The van der Waals surface area contributed by atoms with Crippen molar-refractivity contribution in [1.82, 2.24) is 0 Å². The van der Waals surface area contributed by atoms with Crippen molar-refractivity contribution >= 4 is 11.8 Å². The number of hydrogen-bond donors (Lipinski definition) is 0. The zero-order valence-electron chi connectivity index (χ0n) is 16.1. The lowest BCUT2D eigenvalue weighted by molar-refractivity contribution is 0.0600. The fraction of sp³-hybridized carbons (Fsp3) is 0.333. The summed E-state index contributed by atoms with van der Waals surface area (Å²) in [7, 11) is 2.84. The number of methoxy groups -OCH3 is 2. The lowest BCUT2D eigenvalue weighted by Crippen LogP contribution is -2.09. The number of ketones is 1. The number of benzene rings is 2. The molecule has 0 bridgehead atoms. The second-order valence-electron chi connectivity index (χ2n) is 6.19. The molecule has 0 aliphatic carbocycles. The van der Waals surface area contributed by atoms with Crippen LogP contribution < -0.4 is 9.47 Å². The van der Waals surface area contributed by atoms with Gasteiger partial charge in [-0.25, -0.2) is 4.79 Å². The highest BCUT2D eigenvalue weighted by molar-refractivity contribution is 5.97. The highest BCUT2D eigenvalue weighted by Gasteiger charge is 2.16. The minimum atomic E-state index is -0.439. The van der Waals surface area contributed by atoms with Crippen molar-refractivity contribution in [2.75, 3.05) is 14.2 Å². The molecule has 0 unspecified atom stereocenters. The molecule has 0 aliphatic rings. The van der Waals surface area contributed by atoms with Crippen LogP contribution in [-0.4, -0.2) is 26.0 Å². The number of carbonyl (C=O) groups is 2. The first-order valence-electron chi connectivity index (χ1n) is 8.29. The number of ether oxygens (including phenoxy) is 3. The summed E-state index contributed by atoms with van der Waals surface area (Å²) in [6, 6.07) is 6.88. The quantitative estimate of drug-likeness (QED) is 0.574. The Morgan fingerprint density at radius 3 is 2.23 bits per heavy atom. The third-order valence-electron chi connectivity index (χ3n) is 4.44. The highest BCUT2D eigenvalue weighted by atomic mass is 16.5. The van der Waals surface area contributed by atoms with Crippen LogP contribution in [0.3, 0.4) is 0 Å². The first-order valence-corrected chi connectivity index (χ1v) is 8.29. The summed E-state index contributed by atoms with van der Waals surface area (Å²) in [5.41, 5.74) is 5.06. The molecule has 2 aromatic rings. The predicted molar refractivity (Wildman–Crippen MR) is 99.3 cm³/mol. The van der Waals surface area contributed by atoms with Gasteiger partial charge >= 0.3 is 5.97 Å². The van der Waals surface area contributed by atoms with Crippen LogP contribution in [0.25, 0.3) is 0 Å². The van der Waals surface area contributed by atoms with Gasteiger partial charge in [0.25, 0.3) is 0 Å². The van der Waals surface area contributed by atoms with Gasteiger partial charge in [-0.1, -0.05) is 6.07 Å². The van der Waals surface area contributed by atoms with Crippen molar-refractivity contribution in [2.24, 2.45) is 0 Å². The average Bonchev–Trinajstić information content (AvgIpc) is 2.60. The van der Waals surface area contributed by atoms with E-state index in [4.69, 9.17) is 14.2 Å². The van der Waals surface area contributed by atoms with Crippen LogP contribution >= 0.6 is 0 Å². The van der Waals surface area contributed by atoms with Gasteiger partial charge in [0.2, 0.25) is 0 Å². The number of hydrogen-bond acceptors (Lipinski definition) is 5. The predicted octanol–water partition coefficient (Wildman–Crippen LogP) is 4.19. The van der Waals surface area contributed by atoms with E-state index < -0.39 is 5.97 Å². The maximum Gasteiger partial charge on any atom is 0.337 e. The van der Waals surface area contributed by atoms with Gasteiger partial charge in [-0.2, -0.15) is 0 Å². The van der Waals surface area contributed by atoms with E-state index in [9.17, 15) is 9.59 Å². The van der Waals surface area contributed by atoms with Gasteiger partial charge in [-0.3, -0.25) is 4.79 Å². The maximum atomic E-state index is 12.0. The standard InChI is InChI=1S/C21H24O5/c1-12-9-13(2)20(15(4)22)14(3)17(12)11-26-18-8-7-16(21(23)25-6)10-19(18)24-5/h7-10H,11H2,1-6H3. The van der Waals surface area contributed by atoms with Crippen molar-refractivity contribution < 1.29 is 23.8 Å². The molecule has 0 saturated carbocycles. The molecule has 5 nitrogen and oxygen atoms in total. The highest BCUT2D eigenvalue weighted by Crippen LogP contribution is 2.30. The number of Topliss-reactive ketones (excluding diaryl/α,β-unsaturated/α-hetero) is 1. The second-order valence-corrected chi connectivity index (χ2v) is 6.19. The smallest absolute Gasteiger partial charge is 0.337 e. The van der Waals surface area contributed by atoms with Crippen LogP contribution in [0.5, 0.6) is 11.5 Å². The first-order chi connectivity index (χ1) is 12.3. The maximum absolute atomic E-state index is 12.0. The summed E-state index contributed by atoms with van der Waals surface area (Å²) in [6.45, 7) is 7.75. The Bertz CT molecular complexity index is 852. The molecule has 0 amide bonds. The van der Waals surface area contributed by atoms with Crippen molar-refractivity contribution in [3.63, 3.8) is 0 Å². The van der Waals surface area contributed by atoms with Crippen LogP contribution in [-0.2, 0) is 11.3 Å². The minimum Gasteiger partial charge on any atom is -0.493 e. The van der Waals surface area contributed by atoms with Gasteiger partial charge in [0, 0.05) is 5.56 Å². The fourth-order valence-corrected chi connectivity index (χ4v) is 3.17. The van der Waals surface area contributed by atoms with Gasteiger partial charge < -0.3 is 14.2 Å². The molecule has 138 valence electrons. The Balaban J connectivity index is 2.33. The van der Waals surface area contributed by atoms with E-state index in [-0.39, 0.29) is 5.78 Å².